The monoisotopic (exact) mass is 487 g/mol. The minimum absolute atomic E-state index is 0.00328. The van der Waals surface area contributed by atoms with Crippen LogP contribution in [0.3, 0.4) is 0 Å². The van der Waals surface area contributed by atoms with Gasteiger partial charge in [0.1, 0.15) is 6.04 Å². The first-order chi connectivity index (χ1) is 16.1. The number of nitrogens with one attached hydrogen (secondary N) is 2. The molecule has 0 radical (unpaired) electrons. The second-order valence-electron chi connectivity index (χ2n) is 8.63. The Morgan fingerprint density at radius 2 is 1.88 bits per heavy atom. The Bertz CT molecular complexity index is 1140. The molecule has 8 nitrogen and oxygen atoms in total. The van der Waals surface area contributed by atoms with Crippen LogP contribution in [-0.2, 0) is 19.6 Å². The lowest BCUT2D eigenvalue weighted by Crippen LogP contribution is -2.47. The van der Waals surface area contributed by atoms with Crippen molar-refractivity contribution in [2.45, 2.75) is 52.2 Å². The average Bonchev–Trinajstić information content (AvgIpc) is 3.31. The lowest BCUT2D eigenvalue weighted by atomic mass is 10.1. The second kappa shape index (κ2) is 11.0. The van der Waals surface area contributed by atoms with E-state index in [0.717, 1.165) is 34.5 Å². The quantitative estimate of drug-likeness (QED) is 0.564. The fourth-order valence-electron chi connectivity index (χ4n) is 4.04. The van der Waals surface area contributed by atoms with Crippen LogP contribution < -0.4 is 14.9 Å². The summed E-state index contributed by atoms with van der Waals surface area (Å²) in [5, 5.41) is 5.64. The van der Waals surface area contributed by atoms with Crippen molar-refractivity contribution in [2.24, 2.45) is 0 Å². The molecular weight excluding hydrogens is 454 g/mol. The second-order valence-corrected chi connectivity index (χ2v) is 10.5. The molecule has 2 N–H and O–H groups in total. The van der Waals surface area contributed by atoms with Crippen molar-refractivity contribution < 1.29 is 22.7 Å². The fraction of sp³-hybridized carbons (Fsp3) is 0.440. The number of benzene rings is 2. The van der Waals surface area contributed by atoms with Crippen LogP contribution in [0.2, 0.25) is 0 Å². The van der Waals surface area contributed by atoms with Gasteiger partial charge in [-0.1, -0.05) is 25.1 Å². The molecule has 1 aliphatic rings. The Kier molecular flexibility index (Phi) is 8.33. The van der Waals surface area contributed by atoms with E-state index in [2.05, 4.69) is 10.6 Å². The lowest BCUT2D eigenvalue weighted by molar-refractivity contribution is -0.117. The van der Waals surface area contributed by atoms with Crippen LogP contribution in [-0.4, -0.2) is 51.8 Å². The molecule has 0 saturated carbocycles. The standard InChI is InChI=1S/C25H33N3O5S/c1-5-23(28(34(4,31)32)19-13-12-17(2)18(3)15-19)25(30)27-22-11-7-6-10-21(22)24(29)26-16-20-9-8-14-33-20/h6-7,10-13,15,20,23H,5,8-9,14,16H2,1-4H3,(H,26,29)(H,27,30)/t20-,23-/m1/s1. The number of hydrogen-bond acceptors (Lipinski definition) is 5. The van der Waals surface area contributed by atoms with Gasteiger partial charge in [0, 0.05) is 13.2 Å². The van der Waals surface area contributed by atoms with Crippen molar-refractivity contribution in [1.82, 2.24) is 5.32 Å². The average molecular weight is 488 g/mol. The molecule has 2 aromatic carbocycles. The normalized spacial score (nSPS) is 16.6. The molecule has 0 unspecified atom stereocenters. The molecular formula is C25H33N3O5S. The molecule has 1 heterocycles. The molecule has 3 rings (SSSR count). The first-order valence-electron chi connectivity index (χ1n) is 11.5. The highest BCUT2D eigenvalue weighted by Gasteiger charge is 2.32. The van der Waals surface area contributed by atoms with E-state index in [4.69, 9.17) is 4.74 Å². The third-order valence-electron chi connectivity index (χ3n) is 6.02. The van der Waals surface area contributed by atoms with E-state index in [1.807, 2.05) is 19.9 Å². The maximum Gasteiger partial charge on any atom is 0.253 e. The van der Waals surface area contributed by atoms with Gasteiger partial charge in [-0.25, -0.2) is 8.42 Å². The highest BCUT2D eigenvalue weighted by Crippen LogP contribution is 2.26. The molecule has 1 fully saturated rings. The third kappa shape index (κ3) is 6.15. The van der Waals surface area contributed by atoms with Gasteiger partial charge in [0.2, 0.25) is 15.9 Å². The summed E-state index contributed by atoms with van der Waals surface area (Å²) in [7, 11) is -3.76. The number of ether oxygens (including phenoxy) is 1. The number of aryl methyl sites for hydroxylation is 2. The number of carbonyl (C=O) groups is 2. The molecule has 1 saturated heterocycles. The summed E-state index contributed by atoms with van der Waals surface area (Å²) in [6.07, 6.45) is 3.21. The van der Waals surface area contributed by atoms with E-state index in [0.29, 0.717) is 30.1 Å². The van der Waals surface area contributed by atoms with Gasteiger partial charge in [-0.3, -0.25) is 13.9 Å². The van der Waals surface area contributed by atoms with Gasteiger partial charge < -0.3 is 15.4 Å². The summed E-state index contributed by atoms with van der Waals surface area (Å²) in [6.45, 7) is 6.68. The Balaban J connectivity index is 1.83. The van der Waals surface area contributed by atoms with Crippen molar-refractivity contribution >= 4 is 33.2 Å². The molecule has 184 valence electrons. The van der Waals surface area contributed by atoms with Crippen molar-refractivity contribution in [3.05, 3.63) is 59.2 Å². The third-order valence-corrected chi connectivity index (χ3v) is 7.20. The van der Waals surface area contributed by atoms with Crippen LogP contribution in [0.25, 0.3) is 0 Å². The zero-order chi connectivity index (χ0) is 24.9. The number of nitrogens with zero attached hydrogens (tertiary/aromatic N) is 1. The van der Waals surface area contributed by atoms with Gasteiger partial charge in [-0.2, -0.15) is 0 Å². The number of amides is 2. The van der Waals surface area contributed by atoms with Gasteiger partial charge in [0.05, 0.1) is 29.3 Å². The van der Waals surface area contributed by atoms with E-state index in [1.165, 1.54) is 0 Å². The van der Waals surface area contributed by atoms with Crippen molar-refractivity contribution in [2.75, 3.05) is 29.0 Å². The number of carbonyl (C=O) groups excluding carboxylic acids is 2. The summed E-state index contributed by atoms with van der Waals surface area (Å²) in [4.78, 5) is 26.1. The van der Waals surface area contributed by atoms with Crippen molar-refractivity contribution in [3.63, 3.8) is 0 Å². The van der Waals surface area contributed by atoms with E-state index in [9.17, 15) is 18.0 Å². The Morgan fingerprint density at radius 3 is 2.50 bits per heavy atom. The lowest BCUT2D eigenvalue weighted by Gasteiger charge is -2.30. The first kappa shape index (κ1) is 25.7. The highest BCUT2D eigenvalue weighted by atomic mass is 32.2. The largest absolute Gasteiger partial charge is 0.376 e. The van der Waals surface area contributed by atoms with E-state index in [-0.39, 0.29) is 18.4 Å². The van der Waals surface area contributed by atoms with Gasteiger partial charge in [0.25, 0.3) is 5.91 Å². The number of anilines is 2. The highest BCUT2D eigenvalue weighted by molar-refractivity contribution is 7.92. The van der Waals surface area contributed by atoms with Crippen LogP contribution in [0.4, 0.5) is 11.4 Å². The smallest absolute Gasteiger partial charge is 0.253 e. The Labute approximate surface area is 201 Å². The van der Waals surface area contributed by atoms with Crippen LogP contribution in [0.1, 0.15) is 47.7 Å². The molecule has 1 aliphatic heterocycles. The topological polar surface area (TPSA) is 105 Å². The van der Waals surface area contributed by atoms with Crippen LogP contribution >= 0.6 is 0 Å². The summed E-state index contributed by atoms with van der Waals surface area (Å²) in [6, 6.07) is 11.0. The van der Waals surface area contributed by atoms with E-state index < -0.39 is 22.0 Å². The summed E-state index contributed by atoms with van der Waals surface area (Å²) in [5.41, 5.74) is 3.01. The van der Waals surface area contributed by atoms with Gasteiger partial charge in [-0.05, 0) is 68.5 Å². The summed E-state index contributed by atoms with van der Waals surface area (Å²) < 4.78 is 32.2. The molecule has 0 aromatic heterocycles. The number of hydrogen-bond donors (Lipinski definition) is 2. The molecule has 34 heavy (non-hydrogen) atoms. The first-order valence-corrected chi connectivity index (χ1v) is 13.3. The number of para-hydroxylation sites is 1. The predicted octanol–water partition coefficient (Wildman–Crippen LogP) is 3.40. The zero-order valence-electron chi connectivity index (χ0n) is 20.1. The van der Waals surface area contributed by atoms with Crippen molar-refractivity contribution in [3.8, 4) is 0 Å². The molecule has 2 aromatic rings. The SMILES string of the molecule is CC[C@H](C(=O)Nc1ccccc1C(=O)NC[C@H]1CCCO1)N(c1ccc(C)c(C)c1)S(C)(=O)=O. The van der Waals surface area contributed by atoms with Gasteiger partial charge in [0.15, 0.2) is 0 Å². The maximum absolute atomic E-state index is 13.3. The van der Waals surface area contributed by atoms with Gasteiger partial charge in [-0.15, -0.1) is 0 Å². The number of rotatable bonds is 9. The fourth-order valence-corrected chi connectivity index (χ4v) is 5.24. The minimum Gasteiger partial charge on any atom is -0.376 e. The number of sulfonamides is 1. The molecule has 0 aliphatic carbocycles. The minimum atomic E-state index is -3.76. The van der Waals surface area contributed by atoms with Crippen LogP contribution in [0, 0.1) is 13.8 Å². The maximum atomic E-state index is 13.3. The summed E-state index contributed by atoms with van der Waals surface area (Å²) in [5.74, 6) is -0.834. The molecule has 2 amide bonds. The molecule has 2 atom stereocenters. The molecule has 0 bridgehead atoms. The van der Waals surface area contributed by atoms with Gasteiger partial charge >= 0.3 is 0 Å². The predicted molar refractivity (Wildman–Crippen MR) is 134 cm³/mol. The summed E-state index contributed by atoms with van der Waals surface area (Å²) >= 11 is 0. The van der Waals surface area contributed by atoms with Crippen LogP contribution in [0.5, 0.6) is 0 Å². The zero-order valence-corrected chi connectivity index (χ0v) is 20.9. The van der Waals surface area contributed by atoms with E-state index >= 15 is 0 Å². The Morgan fingerprint density at radius 1 is 1.15 bits per heavy atom. The Hall–Kier alpha value is -2.91. The van der Waals surface area contributed by atoms with Crippen LogP contribution in [0.15, 0.2) is 42.5 Å². The van der Waals surface area contributed by atoms with E-state index in [1.54, 1.807) is 43.3 Å². The van der Waals surface area contributed by atoms with Crippen molar-refractivity contribution in [1.29, 1.82) is 0 Å². The molecule has 0 spiro atoms. The molecule has 9 heteroatoms.